The summed E-state index contributed by atoms with van der Waals surface area (Å²) in [5, 5.41) is 13.4. The Labute approximate surface area is 104 Å². The van der Waals surface area contributed by atoms with Gasteiger partial charge in [0, 0.05) is 29.1 Å². The molecule has 0 spiro atoms. The third-order valence-electron chi connectivity index (χ3n) is 2.39. The number of hydrogen-bond donors (Lipinski definition) is 2. The van der Waals surface area contributed by atoms with Crippen LogP contribution in [-0.2, 0) is 6.42 Å². The van der Waals surface area contributed by atoms with Crippen molar-refractivity contribution >= 4 is 11.6 Å². The molecular formula is C12H13ClN2O2. The van der Waals surface area contributed by atoms with Crippen molar-refractivity contribution < 1.29 is 9.63 Å². The summed E-state index contributed by atoms with van der Waals surface area (Å²) in [6, 6.07) is 8.81. The molecule has 5 heteroatoms. The van der Waals surface area contributed by atoms with Gasteiger partial charge in [0.2, 0.25) is 0 Å². The Morgan fingerprint density at radius 1 is 1.35 bits per heavy atom. The lowest BCUT2D eigenvalue weighted by Crippen LogP contribution is -2.26. The van der Waals surface area contributed by atoms with Crippen molar-refractivity contribution in [1.29, 1.82) is 0 Å². The van der Waals surface area contributed by atoms with Crippen molar-refractivity contribution in [3.05, 3.63) is 41.0 Å². The number of benzene rings is 1. The lowest BCUT2D eigenvalue weighted by molar-refractivity contribution is 0.263. The van der Waals surface area contributed by atoms with Crippen LogP contribution in [0.4, 0.5) is 0 Å². The molecule has 1 aromatic carbocycles. The van der Waals surface area contributed by atoms with E-state index in [0.717, 1.165) is 11.3 Å². The highest BCUT2D eigenvalue weighted by molar-refractivity contribution is 6.30. The van der Waals surface area contributed by atoms with Crippen molar-refractivity contribution in [3.63, 3.8) is 0 Å². The predicted octanol–water partition coefficient (Wildman–Crippen LogP) is 1.86. The number of nitrogens with zero attached hydrogens (tertiary/aromatic N) is 1. The molecule has 2 aromatic rings. The van der Waals surface area contributed by atoms with Crippen molar-refractivity contribution in [2.75, 3.05) is 6.61 Å². The van der Waals surface area contributed by atoms with Crippen molar-refractivity contribution in [2.45, 2.75) is 12.5 Å². The maximum Gasteiger partial charge on any atom is 0.167 e. The number of aliphatic hydroxyl groups is 1. The first kappa shape index (κ1) is 12.1. The minimum atomic E-state index is -0.307. The van der Waals surface area contributed by atoms with Gasteiger partial charge in [-0.15, -0.1) is 0 Å². The van der Waals surface area contributed by atoms with Gasteiger partial charge in [-0.2, -0.15) is 0 Å². The monoisotopic (exact) mass is 252 g/mol. The molecule has 1 unspecified atom stereocenters. The maximum atomic E-state index is 8.85. The molecule has 17 heavy (non-hydrogen) atoms. The summed E-state index contributed by atoms with van der Waals surface area (Å²) in [4.78, 5) is 0. The third kappa shape index (κ3) is 3.06. The lowest BCUT2D eigenvalue weighted by Gasteiger charge is -2.02. The molecule has 0 aliphatic carbocycles. The first-order valence-corrected chi connectivity index (χ1v) is 5.65. The molecule has 0 aliphatic heterocycles. The van der Waals surface area contributed by atoms with Crippen LogP contribution in [0.1, 0.15) is 5.69 Å². The van der Waals surface area contributed by atoms with E-state index in [9.17, 15) is 0 Å². The zero-order valence-corrected chi connectivity index (χ0v) is 9.89. The molecule has 0 amide bonds. The number of nitrogens with two attached hydrogens (primary N) is 1. The first-order valence-electron chi connectivity index (χ1n) is 5.27. The van der Waals surface area contributed by atoms with Gasteiger partial charge in [-0.3, -0.25) is 0 Å². The summed E-state index contributed by atoms with van der Waals surface area (Å²) in [5.41, 5.74) is 7.26. The number of hydrogen-bond acceptors (Lipinski definition) is 4. The van der Waals surface area contributed by atoms with E-state index in [2.05, 4.69) is 5.16 Å². The van der Waals surface area contributed by atoms with Crippen LogP contribution in [0.3, 0.4) is 0 Å². The van der Waals surface area contributed by atoms with Crippen LogP contribution in [0.5, 0.6) is 0 Å². The number of halogens is 1. The van der Waals surface area contributed by atoms with Crippen LogP contribution >= 0.6 is 11.6 Å². The molecule has 90 valence electrons. The Morgan fingerprint density at radius 3 is 2.71 bits per heavy atom. The van der Waals surface area contributed by atoms with Crippen LogP contribution < -0.4 is 5.73 Å². The molecule has 0 bridgehead atoms. The SMILES string of the molecule is NC(CO)Cc1cc(-c2ccc(Cl)cc2)on1. The second-order valence-corrected chi connectivity index (χ2v) is 4.27. The van der Waals surface area contributed by atoms with Crippen LogP contribution in [0.15, 0.2) is 34.9 Å². The Kier molecular flexibility index (Phi) is 3.78. The Morgan fingerprint density at radius 2 is 2.06 bits per heavy atom. The Hall–Kier alpha value is -1.36. The average molecular weight is 253 g/mol. The van der Waals surface area contributed by atoms with Gasteiger partial charge < -0.3 is 15.4 Å². The molecule has 4 nitrogen and oxygen atoms in total. The molecular weight excluding hydrogens is 240 g/mol. The zero-order chi connectivity index (χ0) is 12.3. The predicted molar refractivity (Wildman–Crippen MR) is 65.7 cm³/mol. The molecule has 0 fully saturated rings. The fourth-order valence-corrected chi connectivity index (χ4v) is 1.62. The van der Waals surface area contributed by atoms with E-state index in [0.29, 0.717) is 17.2 Å². The van der Waals surface area contributed by atoms with Crippen molar-refractivity contribution in [1.82, 2.24) is 5.16 Å². The molecule has 0 radical (unpaired) electrons. The summed E-state index contributed by atoms with van der Waals surface area (Å²) >= 11 is 5.80. The zero-order valence-electron chi connectivity index (χ0n) is 9.14. The second-order valence-electron chi connectivity index (χ2n) is 3.84. The van der Waals surface area contributed by atoms with Gasteiger partial charge in [-0.25, -0.2) is 0 Å². The highest BCUT2D eigenvalue weighted by Crippen LogP contribution is 2.22. The summed E-state index contributed by atoms with van der Waals surface area (Å²) in [6.07, 6.45) is 0.494. The van der Waals surface area contributed by atoms with Gasteiger partial charge in [-0.05, 0) is 24.3 Å². The van der Waals surface area contributed by atoms with E-state index in [1.807, 2.05) is 18.2 Å². The van der Waals surface area contributed by atoms with Gasteiger partial charge >= 0.3 is 0 Å². The fraction of sp³-hybridized carbons (Fsp3) is 0.250. The van der Waals surface area contributed by atoms with Crippen molar-refractivity contribution in [2.24, 2.45) is 5.73 Å². The van der Waals surface area contributed by atoms with Crippen LogP contribution in [0.25, 0.3) is 11.3 Å². The first-order chi connectivity index (χ1) is 8.19. The largest absolute Gasteiger partial charge is 0.395 e. The van der Waals surface area contributed by atoms with Crippen LogP contribution in [0, 0.1) is 0 Å². The number of aromatic nitrogens is 1. The minimum Gasteiger partial charge on any atom is -0.395 e. The summed E-state index contributed by atoms with van der Waals surface area (Å²) < 4.78 is 5.21. The van der Waals surface area contributed by atoms with E-state index in [-0.39, 0.29) is 12.6 Å². The van der Waals surface area contributed by atoms with Gasteiger partial charge in [0.15, 0.2) is 5.76 Å². The van der Waals surface area contributed by atoms with Crippen LogP contribution in [0.2, 0.25) is 5.02 Å². The fourth-order valence-electron chi connectivity index (χ4n) is 1.49. The van der Waals surface area contributed by atoms with Gasteiger partial charge in [0.1, 0.15) is 0 Å². The highest BCUT2D eigenvalue weighted by Gasteiger charge is 2.09. The van der Waals surface area contributed by atoms with Crippen molar-refractivity contribution in [3.8, 4) is 11.3 Å². The van der Waals surface area contributed by atoms with Crippen LogP contribution in [-0.4, -0.2) is 22.9 Å². The summed E-state index contributed by atoms with van der Waals surface area (Å²) in [7, 11) is 0. The molecule has 1 heterocycles. The molecule has 3 N–H and O–H groups in total. The number of rotatable bonds is 4. The number of aliphatic hydroxyl groups excluding tert-OH is 1. The third-order valence-corrected chi connectivity index (χ3v) is 2.65. The topological polar surface area (TPSA) is 72.3 Å². The Balaban J connectivity index is 2.15. The van der Waals surface area contributed by atoms with Gasteiger partial charge in [0.25, 0.3) is 0 Å². The standard InChI is InChI=1S/C12H13ClN2O2/c13-9-3-1-8(2-4-9)12-6-11(15-17-12)5-10(14)7-16/h1-4,6,10,16H,5,7,14H2. The summed E-state index contributed by atoms with van der Waals surface area (Å²) in [6.45, 7) is -0.0663. The highest BCUT2D eigenvalue weighted by atomic mass is 35.5. The van der Waals surface area contributed by atoms with E-state index in [1.54, 1.807) is 12.1 Å². The molecule has 2 rings (SSSR count). The molecule has 1 atom stereocenters. The maximum absolute atomic E-state index is 8.85. The summed E-state index contributed by atoms with van der Waals surface area (Å²) in [5.74, 6) is 0.668. The minimum absolute atomic E-state index is 0.0663. The molecule has 0 aliphatic rings. The van der Waals surface area contributed by atoms with E-state index < -0.39 is 0 Å². The van der Waals surface area contributed by atoms with Gasteiger partial charge in [-0.1, -0.05) is 16.8 Å². The van der Waals surface area contributed by atoms with E-state index in [4.69, 9.17) is 27.0 Å². The smallest absolute Gasteiger partial charge is 0.167 e. The Bertz CT molecular complexity index is 482. The lowest BCUT2D eigenvalue weighted by atomic mass is 10.1. The molecule has 1 aromatic heterocycles. The van der Waals surface area contributed by atoms with E-state index >= 15 is 0 Å². The average Bonchev–Trinajstić information content (AvgIpc) is 2.78. The second kappa shape index (κ2) is 5.31. The van der Waals surface area contributed by atoms with E-state index in [1.165, 1.54) is 0 Å². The molecule has 0 saturated heterocycles. The normalized spacial score (nSPS) is 12.6. The van der Waals surface area contributed by atoms with Gasteiger partial charge in [0.05, 0.1) is 12.3 Å². The molecule has 0 saturated carbocycles. The quantitative estimate of drug-likeness (QED) is 0.871.